The monoisotopic (exact) mass is 340 g/mol. The second kappa shape index (κ2) is 6.83. The van der Waals surface area contributed by atoms with Crippen LogP contribution in [0.1, 0.15) is 20.7 Å². The quantitative estimate of drug-likeness (QED) is 0.684. The zero-order valence-corrected chi connectivity index (χ0v) is 12.8. The number of fused-ring (bicyclic) bond motifs is 1. The summed E-state index contributed by atoms with van der Waals surface area (Å²) in [6.07, 6.45) is 1.27. The summed E-state index contributed by atoms with van der Waals surface area (Å²) in [6.45, 7) is -0.476. The van der Waals surface area contributed by atoms with Crippen LogP contribution in [0, 0.1) is 0 Å². The van der Waals surface area contributed by atoms with E-state index in [9.17, 15) is 14.4 Å². The Bertz CT molecular complexity index is 945. The van der Waals surface area contributed by atoms with E-state index in [2.05, 4.69) is 10.3 Å². The highest BCUT2D eigenvalue weighted by atomic mass is 16.5. The predicted molar refractivity (Wildman–Crippen MR) is 86.3 cm³/mol. The lowest BCUT2D eigenvalue weighted by atomic mass is 10.2. The number of carboxylic acids is 1. The summed E-state index contributed by atoms with van der Waals surface area (Å²) in [5.74, 6) is -2.27. The number of benzene rings is 2. The molecular weight excluding hydrogens is 328 g/mol. The van der Waals surface area contributed by atoms with E-state index in [1.165, 1.54) is 42.8 Å². The van der Waals surface area contributed by atoms with Gasteiger partial charge in [-0.1, -0.05) is 0 Å². The fourth-order valence-corrected chi connectivity index (χ4v) is 2.09. The Labute approximate surface area is 141 Å². The van der Waals surface area contributed by atoms with Crippen molar-refractivity contribution in [1.29, 1.82) is 0 Å². The third-order valence-electron chi connectivity index (χ3n) is 3.32. The molecule has 0 aliphatic rings. The average Bonchev–Trinajstić information content (AvgIpc) is 3.07. The highest BCUT2D eigenvalue weighted by molar-refractivity contribution is 5.97. The van der Waals surface area contributed by atoms with Crippen LogP contribution in [0.5, 0.6) is 0 Å². The van der Waals surface area contributed by atoms with Gasteiger partial charge in [0, 0.05) is 5.69 Å². The molecule has 0 atom stereocenters. The molecule has 0 saturated heterocycles. The van der Waals surface area contributed by atoms with Gasteiger partial charge in [0.15, 0.2) is 18.6 Å². The molecule has 8 nitrogen and oxygen atoms in total. The van der Waals surface area contributed by atoms with Crippen molar-refractivity contribution in [1.82, 2.24) is 4.98 Å². The Morgan fingerprint density at radius 1 is 1.08 bits per heavy atom. The first-order chi connectivity index (χ1) is 12.0. The average molecular weight is 340 g/mol. The van der Waals surface area contributed by atoms with Gasteiger partial charge in [-0.05, 0) is 42.5 Å². The molecule has 8 heteroatoms. The molecule has 1 aromatic heterocycles. The number of rotatable bonds is 5. The molecule has 0 aliphatic heterocycles. The number of hydrogen-bond donors (Lipinski definition) is 2. The van der Waals surface area contributed by atoms with Crippen molar-refractivity contribution < 1.29 is 28.6 Å². The standard InChI is InChI=1S/C17H12N2O6/c20-15(19-12-4-1-10(2-5-12)16(21)22)8-24-17(23)11-3-6-14-13(7-11)18-9-25-14/h1-7,9H,8H2,(H,19,20)(H,21,22). The van der Waals surface area contributed by atoms with Crippen molar-refractivity contribution in [2.45, 2.75) is 0 Å². The van der Waals surface area contributed by atoms with E-state index in [1.54, 1.807) is 6.07 Å². The number of aromatic nitrogens is 1. The molecule has 2 N–H and O–H groups in total. The van der Waals surface area contributed by atoms with Crippen LogP contribution in [0.15, 0.2) is 53.3 Å². The van der Waals surface area contributed by atoms with Crippen molar-refractivity contribution >= 4 is 34.6 Å². The molecule has 3 aromatic rings. The number of oxazole rings is 1. The molecule has 0 aliphatic carbocycles. The van der Waals surface area contributed by atoms with Crippen LogP contribution < -0.4 is 5.32 Å². The van der Waals surface area contributed by atoms with Gasteiger partial charge in [-0.25, -0.2) is 14.6 Å². The van der Waals surface area contributed by atoms with Crippen molar-refractivity contribution in [2.75, 3.05) is 11.9 Å². The van der Waals surface area contributed by atoms with Gasteiger partial charge >= 0.3 is 11.9 Å². The Hall–Kier alpha value is -3.68. The maximum atomic E-state index is 12.0. The normalized spacial score (nSPS) is 10.4. The van der Waals surface area contributed by atoms with Crippen molar-refractivity contribution in [3.63, 3.8) is 0 Å². The van der Waals surface area contributed by atoms with Crippen molar-refractivity contribution in [2.24, 2.45) is 0 Å². The van der Waals surface area contributed by atoms with Gasteiger partial charge < -0.3 is 19.6 Å². The topological polar surface area (TPSA) is 119 Å². The number of carbonyl (C=O) groups is 3. The van der Waals surface area contributed by atoms with Crippen LogP contribution in [-0.2, 0) is 9.53 Å². The van der Waals surface area contributed by atoms with E-state index in [4.69, 9.17) is 14.3 Å². The molecule has 0 bridgehead atoms. The lowest BCUT2D eigenvalue weighted by Gasteiger charge is -2.07. The summed E-state index contributed by atoms with van der Waals surface area (Å²) in [5, 5.41) is 11.3. The predicted octanol–water partition coefficient (Wildman–Crippen LogP) is 2.32. The molecule has 3 rings (SSSR count). The van der Waals surface area contributed by atoms with Crippen LogP contribution in [-0.4, -0.2) is 34.5 Å². The highest BCUT2D eigenvalue weighted by Gasteiger charge is 2.12. The van der Waals surface area contributed by atoms with E-state index in [-0.39, 0.29) is 11.1 Å². The van der Waals surface area contributed by atoms with E-state index in [1.807, 2.05) is 0 Å². The SMILES string of the molecule is O=C(COC(=O)c1ccc2ocnc2c1)Nc1ccc(C(=O)O)cc1. The molecule has 25 heavy (non-hydrogen) atoms. The van der Waals surface area contributed by atoms with Crippen LogP contribution in [0.3, 0.4) is 0 Å². The molecule has 2 aromatic carbocycles. The fraction of sp³-hybridized carbons (Fsp3) is 0.0588. The van der Waals surface area contributed by atoms with Gasteiger partial charge in [-0.15, -0.1) is 0 Å². The molecule has 0 radical (unpaired) electrons. The first-order valence-electron chi connectivity index (χ1n) is 7.16. The Balaban J connectivity index is 1.56. The van der Waals surface area contributed by atoms with E-state index in [0.717, 1.165) is 0 Å². The molecule has 0 unspecified atom stereocenters. The lowest BCUT2D eigenvalue weighted by Crippen LogP contribution is -2.21. The van der Waals surface area contributed by atoms with Gasteiger partial charge in [-0.2, -0.15) is 0 Å². The molecule has 126 valence electrons. The first kappa shape index (κ1) is 16.2. The lowest BCUT2D eigenvalue weighted by molar-refractivity contribution is -0.119. The summed E-state index contributed by atoms with van der Waals surface area (Å²) < 4.78 is 10.0. The maximum Gasteiger partial charge on any atom is 0.338 e. The van der Waals surface area contributed by atoms with E-state index < -0.39 is 24.5 Å². The minimum Gasteiger partial charge on any atom is -0.478 e. The summed E-state index contributed by atoms with van der Waals surface area (Å²) in [5.41, 5.74) is 1.80. The number of ether oxygens (including phenoxy) is 1. The Morgan fingerprint density at radius 3 is 2.52 bits per heavy atom. The number of nitrogens with one attached hydrogen (secondary N) is 1. The number of carboxylic acid groups (broad SMARTS) is 1. The zero-order chi connectivity index (χ0) is 17.8. The van der Waals surface area contributed by atoms with E-state index in [0.29, 0.717) is 16.8 Å². The number of anilines is 1. The number of esters is 1. The minimum absolute atomic E-state index is 0.104. The number of carbonyl (C=O) groups excluding carboxylic acids is 2. The summed E-state index contributed by atoms with van der Waals surface area (Å²) in [6, 6.07) is 10.2. The Morgan fingerprint density at radius 2 is 1.80 bits per heavy atom. The number of hydrogen-bond acceptors (Lipinski definition) is 6. The molecular formula is C17H12N2O6. The van der Waals surface area contributed by atoms with Crippen molar-refractivity contribution in [3.8, 4) is 0 Å². The zero-order valence-electron chi connectivity index (χ0n) is 12.8. The molecule has 0 spiro atoms. The third kappa shape index (κ3) is 3.81. The minimum atomic E-state index is -1.06. The summed E-state index contributed by atoms with van der Waals surface area (Å²) in [7, 11) is 0. The second-order valence-electron chi connectivity index (χ2n) is 5.04. The molecule has 0 fully saturated rings. The second-order valence-corrected chi connectivity index (χ2v) is 5.04. The van der Waals surface area contributed by atoms with Crippen LogP contribution >= 0.6 is 0 Å². The highest BCUT2D eigenvalue weighted by Crippen LogP contribution is 2.15. The molecule has 1 amide bonds. The largest absolute Gasteiger partial charge is 0.478 e. The third-order valence-corrected chi connectivity index (χ3v) is 3.32. The van der Waals surface area contributed by atoms with Crippen LogP contribution in [0.2, 0.25) is 0 Å². The smallest absolute Gasteiger partial charge is 0.338 e. The number of aromatic carboxylic acids is 1. The molecule has 1 heterocycles. The van der Waals surface area contributed by atoms with Crippen LogP contribution in [0.4, 0.5) is 5.69 Å². The molecule has 0 saturated carbocycles. The van der Waals surface area contributed by atoms with Gasteiger partial charge in [0.05, 0.1) is 11.1 Å². The van der Waals surface area contributed by atoms with E-state index >= 15 is 0 Å². The van der Waals surface area contributed by atoms with Crippen molar-refractivity contribution in [3.05, 3.63) is 60.0 Å². The fourth-order valence-electron chi connectivity index (χ4n) is 2.09. The Kier molecular flexibility index (Phi) is 4.42. The number of nitrogens with zero attached hydrogens (tertiary/aromatic N) is 1. The van der Waals surface area contributed by atoms with Crippen LogP contribution in [0.25, 0.3) is 11.1 Å². The van der Waals surface area contributed by atoms with Gasteiger partial charge in [0.1, 0.15) is 5.52 Å². The first-order valence-corrected chi connectivity index (χ1v) is 7.16. The number of amides is 1. The maximum absolute atomic E-state index is 12.0. The van der Waals surface area contributed by atoms with Gasteiger partial charge in [0.2, 0.25) is 0 Å². The van der Waals surface area contributed by atoms with Gasteiger partial charge in [0.25, 0.3) is 5.91 Å². The summed E-state index contributed by atoms with van der Waals surface area (Å²) >= 11 is 0. The van der Waals surface area contributed by atoms with Gasteiger partial charge in [-0.3, -0.25) is 4.79 Å². The summed E-state index contributed by atoms with van der Waals surface area (Å²) in [4.78, 5) is 38.5.